The second-order valence-electron chi connectivity index (χ2n) is 5.40. The number of halogens is 5. The molecular formula is C16H10Cl2F3N3O2S. The average molecular weight is 436 g/mol. The van der Waals surface area contributed by atoms with Gasteiger partial charge in [0.2, 0.25) is 0 Å². The van der Waals surface area contributed by atoms with E-state index >= 15 is 0 Å². The number of anilines is 1. The maximum absolute atomic E-state index is 13.9. The van der Waals surface area contributed by atoms with Crippen molar-refractivity contribution in [1.82, 2.24) is 9.78 Å². The summed E-state index contributed by atoms with van der Waals surface area (Å²) in [5.41, 5.74) is 0.136. The van der Waals surface area contributed by atoms with Gasteiger partial charge < -0.3 is 0 Å². The molecule has 1 heterocycles. The fourth-order valence-electron chi connectivity index (χ4n) is 2.27. The molecule has 0 aliphatic heterocycles. The van der Waals surface area contributed by atoms with E-state index < -0.39 is 32.4 Å². The molecule has 0 fully saturated rings. The number of rotatable bonds is 5. The van der Waals surface area contributed by atoms with Crippen LogP contribution in [0.15, 0.2) is 47.5 Å². The fraction of sp³-hybridized carbons (Fsp3) is 0.0625. The predicted molar refractivity (Wildman–Crippen MR) is 94.9 cm³/mol. The van der Waals surface area contributed by atoms with Gasteiger partial charge in [-0.25, -0.2) is 21.6 Å². The van der Waals surface area contributed by atoms with Gasteiger partial charge in [0.05, 0.1) is 6.54 Å². The Hall–Kier alpha value is -2.23. The van der Waals surface area contributed by atoms with E-state index in [1.165, 1.54) is 29.1 Å². The summed E-state index contributed by atoms with van der Waals surface area (Å²) in [5, 5.41) is 3.98. The maximum atomic E-state index is 13.9. The van der Waals surface area contributed by atoms with Crippen molar-refractivity contribution in [2.24, 2.45) is 0 Å². The summed E-state index contributed by atoms with van der Waals surface area (Å²) in [6.07, 6.45) is 1.25. The van der Waals surface area contributed by atoms with Crippen molar-refractivity contribution in [1.29, 1.82) is 0 Å². The zero-order valence-corrected chi connectivity index (χ0v) is 15.6. The SMILES string of the molecule is O=S(=O)(Nc1nn(Cc2c(F)cccc2Cl)cc1Cl)c1ccc(F)cc1F. The molecule has 0 radical (unpaired) electrons. The Bertz CT molecular complexity index is 1100. The van der Waals surface area contributed by atoms with Gasteiger partial charge in [0.1, 0.15) is 27.4 Å². The van der Waals surface area contributed by atoms with Crippen LogP contribution < -0.4 is 4.72 Å². The predicted octanol–water partition coefficient (Wildman–Crippen LogP) is 4.46. The Kier molecular flexibility index (Phi) is 5.36. The minimum absolute atomic E-state index is 0.103. The summed E-state index contributed by atoms with van der Waals surface area (Å²) in [4.78, 5) is -0.772. The van der Waals surface area contributed by atoms with Crippen LogP contribution in [0.5, 0.6) is 0 Å². The summed E-state index contributed by atoms with van der Waals surface area (Å²) in [5.74, 6) is -3.05. The van der Waals surface area contributed by atoms with Crippen molar-refractivity contribution in [3.63, 3.8) is 0 Å². The highest BCUT2D eigenvalue weighted by Gasteiger charge is 2.22. The maximum Gasteiger partial charge on any atom is 0.266 e. The number of sulfonamides is 1. The molecule has 0 unspecified atom stereocenters. The molecule has 0 aliphatic carbocycles. The van der Waals surface area contributed by atoms with E-state index in [0.717, 1.165) is 12.1 Å². The number of nitrogens with zero attached hydrogens (tertiary/aromatic N) is 2. The Morgan fingerprint density at radius 2 is 1.78 bits per heavy atom. The molecule has 27 heavy (non-hydrogen) atoms. The van der Waals surface area contributed by atoms with E-state index in [4.69, 9.17) is 23.2 Å². The molecule has 0 atom stereocenters. The first-order valence-electron chi connectivity index (χ1n) is 7.31. The monoisotopic (exact) mass is 435 g/mol. The van der Waals surface area contributed by atoms with Crippen molar-refractivity contribution in [3.05, 3.63) is 75.7 Å². The molecular weight excluding hydrogens is 426 g/mol. The van der Waals surface area contributed by atoms with Crippen molar-refractivity contribution in [2.75, 3.05) is 4.72 Å². The lowest BCUT2D eigenvalue weighted by atomic mass is 10.2. The van der Waals surface area contributed by atoms with E-state index in [9.17, 15) is 21.6 Å². The lowest BCUT2D eigenvalue weighted by Gasteiger charge is -2.08. The largest absolute Gasteiger partial charge is 0.266 e. The highest BCUT2D eigenvalue weighted by atomic mass is 35.5. The van der Waals surface area contributed by atoms with E-state index in [-0.39, 0.29) is 28.0 Å². The molecule has 5 nitrogen and oxygen atoms in total. The van der Waals surface area contributed by atoms with Gasteiger partial charge in [-0.15, -0.1) is 0 Å². The van der Waals surface area contributed by atoms with E-state index in [1.807, 2.05) is 4.72 Å². The lowest BCUT2D eigenvalue weighted by molar-refractivity contribution is 0.550. The quantitative estimate of drug-likeness (QED) is 0.643. The van der Waals surface area contributed by atoms with Crippen LogP contribution in [0.2, 0.25) is 10.0 Å². The van der Waals surface area contributed by atoms with Crippen molar-refractivity contribution in [3.8, 4) is 0 Å². The smallest absolute Gasteiger partial charge is 0.264 e. The Balaban J connectivity index is 1.88. The molecule has 142 valence electrons. The molecule has 1 aromatic heterocycles. The van der Waals surface area contributed by atoms with E-state index in [2.05, 4.69) is 5.10 Å². The van der Waals surface area contributed by atoms with Gasteiger partial charge in [-0.1, -0.05) is 29.3 Å². The molecule has 0 saturated heterocycles. The van der Waals surface area contributed by atoms with Crippen molar-refractivity contribution in [2.45, 2.75) is 11.4 Å². The van der Waals surface area contributed by atoms with Crippen LogP contribution in [0.25, 0.3) is 0 Å². The van der Waals surface area contributed by atoms with Gasteiger partial charge in [-0.3, -0.25) is 9.40 Å². The lowest BCUT2D eigenvalue weighted by Crippen LogP contribution is -2.16. The molecule has 0 saturated carbocycles. The fourth-order valence-corrected chi connectivity index (χ4v) is 3.82. The molecule has 3 rings (SSSR count). The Labute approximate surface area is 162 Å². The highest BCUT2D eigenvalue weighted by Crippen LogP contribution is 2.26. The van der Waals surface area contributed by atoms with Crippen molar-refractivity contribution >= 4 is 39.0 Å². The summed E-state index contributed by atoms with van der Waals surface area (Å²) in [7, 11) is -4.41. The first-order chi connectivity index (χ1) is 12.7. The van der Waals surface area contributed by atoms with Crippen molar-refractivity contribution < 1.29 is 21.6 Å². The number of aromatic nitrogens is 2. The van der Waals surface area contributed by atoms with Crippen LogP contribution >= 0.6 is 23.2 Å². The van der Waals surface area contributed by atoms with E-state index in [1.54, 1.807) is 0 Å². The van der Waals surface area contributed by atoms with Crippen LogP contribution in [0.3, 0.4) is 0 Å². The second-order valence-corrected chi connectivity index (χ2v) is 7.87. The van der Waals surface area contributed by atoms with Crippen LogP contribution in [-0.2, 0) is 16.6 Å². The van der Waals surface area contributed by atoms with Gasteiger partial charge >= 0.3 is 0 Å². The first kappa shape index (κ1) is 19.5. The number of hydrogen-bond acceptors (Lipinski definition) is 3. The molecule has 0 spiro atoms. The van der Waals surface area contributed by atoms with Crippen LogP contribution in [0.1, 0.15) is 5.56 Å². The number of nitrogens with one attached hydrogen (secondary N) is 1. The minimum Gasteiger partial charge on any atom is -0.264 e. The van der Waals surface area contributed by atoms with Gasteiger partial charge in [-0.2, -0.15) is 5.10 Å². The first-order valence-corrected chi connectivity index (χ1v) is 9.55. The average Bonchev–Trinajstić information content (AvgIpc) is 2.89. The highest BCUT2D eigenvalue weighted by molar-refractivity contribution is 7.92. The molecule has 11 heteroatoms. The van der Waals surface area contributed by atoms with Crippen LogP contribution in [0, 0.1) is 17.5 Å². The normalized spacial score (nSPS) is 11.6. The van der Waals surface area contributed by atoms with Gasteiger partial charge in [0.15, 0.2) is 5.82 Å². The number of benzene rings is 2. The molecule has 2 aromatic carbocycles. The summed E-state index contributed by atoms with van der Waals surface area (Å²) < 4.78 is 68.4. The third-order valence-electron chi connectivity index (χ3n) is 3.51. The molecule has 0 aliphatic rings. The molecule has 3 aromatic rings. The zero-order chi connectivity index (χ0) is 19.8. The van der Waals surface area contributed by atoms with E-state index in [0.29, 0.717) is 6.07 Å². The molecule has 0 amide bonds. The summed E-state index contributed by atoms with van der Waals surface area (Å²) >= 11 is 11.9. The standard InChI is InChI=1S/C16H10Cl2F3N3O2S/c17-11-2-1-3-13(20)10(11)7-24-8-12(18)16(22-24)23-27(25,26)15-5-4-9(19)6-14(15)21/h1-6,8H,7H2,(H,22,23). The summed E-state index contributed by atoms with van der Waals surface area (Å²) in [6.45, 7) is -0.113. The molecule has 0 bridgehead atoms. The van der Waals surface area contributed by atoms with Crippen LogP contribution in [-0.4, -0.2) is 18.2 Å². The van der Waals surface area contributed by atoms with Gasteiger partial charge in [0, 0.05) is 22.8 Å². The minimum atomic E-state index is -4.41. The molecule has 1 N–H and O–H groups in total. The second kappa shape index (κ2) is 7.41. The number of hydrogen-bond donors (Lipinski definition) is 1. The van der Waals surface area contributed by atoms with Gasteiger partial charge in [0.25, 0.3) is 10.0 Å². The third-order valence-corrected chi connectivity index (χ3v) is 5.52. The summed E-state index contributed by atoms with van der Waals surface area (Å²) in [6, 6.07) is 6.16. The van der Waals surface area contributed by atoms with Gasteiger partial charge in [-0.05, 0) is 24.3 Å². The topological polar surface area (TPSA) is 64.0 Å². The Morgan fingerprint density at radius 1 is 1.04 bits per heavy atom. The van der Waals surface area contributed by atoms with Crippen LogP contribution in [0.4, 0.5) is 19.0 Å². The third kappa shape index (κ3) is 4.20. The Morgan fingerprint density at radius 3 is 2.44 bits per heavy atom. The zero-order valence-electron chi connectivity index (χ0n) is 13.3.